The van der Waals surface area contributed by atoms with E-state index in [0.29, 0.717) is 16.6 Å². The summed E-state index contributed by atoms with van der Waals surface area (Å²) >= 11 is 7.51. The second-order valence-electron chi connectivity index (χ2n) is 5.62. The first-order chi connectivity index (χ1) is 12.2. The number of esters is 1. The molecule has 0 bridgehead atoms. The van der Waals surface area contributed by atoms with Gasteiger partial charge >= 0.3 is 5.97 Å². The summed E-state index contributed by atoms with van der Waals surface area (Å²) in [6, 6.07) is 11.1. The van der Waals surface area contributed by atoms with Gasteiger partial charge in [0.25, 0.3) is 0 Å². The first-order valence-corrected chi connectivity index (χ1v) is 9.09. The third kappa shape index (κ3) is 3.61. The number of rotatable bonds is 3. The molecule has 3 heterocycles. The summed E-state index contributed by atoms with van der Waals surface area (Å²) in [6.45, 7) is 3.26. The maximum absolute atomic E-state index is 12.1. The van der Waals surface area contributed by atoms with Crippen LogP contribution in [0.2, 0.25) is 5.02 Å². The van der Waals surface area contributed by atoms with Gasteiger partial charge < -0.3 is 14.4 Å². The SMILES string of the molecule is O=C1OC(c2ccc(Cl)cc2)=N/C1=C\c1ccc(N2CCOCC2)s1. The highest BCUT2D eigenvalue weighted by Crippen LogP contribution is 2.29. The van der Waals surface area contributed by atoms with Gasteiger partial charge in [-0.05, 0) is 42.5 Å². The van der Waals surface area contributed by atoms with Crippen molar-refractivity contribution in [1.82, 2.24) is 0 Å². The fourth-order valence-corrected chi connectivity index (χ4v) is 3.76. The van der Waals surface area contributed by atoms with E-state index in [2.05, 4.69) is 16.0 Å². The van der Waals surface area contributed by atoms with Gasteiger partial charge in [0, 0.05) is 28.6 Å². The summed E-state index contributed by atoms with van der Waals surface area (Å²) in [6.07, 6.45) is 1.76. The van der Waals surface area contributed by atoms with Gasteiger partial charge in [-0.1, -0.05) is 11.6 Å². The van der Waals surface area contributed by atoms with Gasteiger partial charge in [-0.2, -0.15) is 0 Å². The van der Waals surface area contributed by atoms with E-state index in [1.807, 2.05) is 6.07 Å². The Balaban J connectivity index is 1.55. The van der Waals surface area contributed by atoms with Crippen molar-refractivity contribution in [3.8, 4) is 0 Å². The molecule has 5 nitrogen and oxygen atoms in total. The summed E-state index contributed by atoms with van der Waals surface area (Å²) < 4.78 is 10.6. The van der Waals surface area contributed by atoms with Crippen molar-refractivity contribution in [1.29, 1.82) is 0 Å². The second kappa shape index (κ2) is 7.00. The molecule has 0 amide bonds. The molecule has 2 aliphatic heterocycles. The summed E-state index contributed by atoms with van der Waals surface area (Å²) in [5, 5.41) is 1.79. The zero-order chi connectivity index (χ0) is 17.2. The Morgan fingerprint density at radius 2 is 1.88 bits per heavy atom. The van der Waals surface area contributed by atoms with Crippen LogP contribution in [0.1, 0.15) is 10.4 Å². The largest absolute Gasteiger partial charge is 0.402 e. The first kappa shape index (κ1) is 16.3. The highest BCUT2D eigenvalue weighted by Gasteiger charge is 2.24. The van der Waals surface area contributed by atoms with E-state index < -0.39 is 5.97 Å². The number of aliphatic imine (C=N–C) groups is 1. The average Bonchev–Trinajstić information content (AvgIpc) is 3.24. The lowest BCUT2D eigenvalue weighted by atomic mass is 10.2. The van der Waals surface area contributed by atoms with Crippen molar-refractivity contribution < 1.29 is 14.3 Å². The molecule has 0 unspecified atom stereocenters. The molecule has 1 saturated heterocycles. The Hall–Kier alpha value is -2.15. The lowest BCUT2D eigenvalue weighted by Crippen LogP contribution is -2.35. The van der Waals surface area contributed by atoms with Crippen LogP contribution in [0.5, 0.6) is 0 Å². The van der Waals surface area contributed by atoms with E-state index in [4.69, 9.17) is 21.1 Å². The minimum absolute atomic E-state index is 0.304. The zero-order valence-corrected chi connectivity index (χ0v) is 14.8. The maximum Gasteiger partial charge on any atom is 0.363 e. The highest BCUT2D eigenvalue weighted by molar-refractivity contribution is 7.16. The van der Waals surface area contributed by atoms with Crippen LogP contribution in [0.4, 0.5) is 5.00 Å². The molecule has 4 rings (SSSR count). The van der Waals surface area contributed by atoms with E-state index in [9.17, 15) is 4.79 Å². The smallest absolute Gasteiger partial charge is 0.363 e. The van der Waals surface area contributed by atoms with Crippen LogP contribution in [0.3, 0.4) is 0 Å². The van der Waals surface area contributed by atoms with E-state index >= 15 is 0 Å². The number of thiophene rings is 1. The Morgan fingerprint density at radius 3 is 2.64 bits per heavy atom. The Morgan fingerprint density at radius 1 is 1.12 bits per heavy atom. The first-order valence-electron chi connectivity index (χ1n) is 7.90. The average molecular weight is 375 g/mol. The monoisotopic (exact) mass is 374 g/mol. The van der Waals surface area contributed by atoms with Gasteiger partial charge in [0.2, 0.25) is 5.90 Å². The topological polar surface area (TPSA) is 51.1 Å². The minimum Gasteiger partial charge on any atom is -0.402 e. The van der Waals surface area contributed by atoms with E-state index in [1.54, 1.807) is 41.7 Å². The molecule has 0 aliphatic carbocycles. The molecule has 2 aliphatic rings. The van der Waals surface area contributed by atoms with Crippen LogP contribution >= 0.6 is 22.9 Å². The Kier molecular flexibility index (Phi) is 4.57. The van der Waals surface area contributed by atoms with Gasteiger partial charge in [0.1, 0.15) is 0 Å². The Bertz CT molecular complexity index is 851. The van der Waals surface area contributed by atoms with Crippen molar-refractivity contribution in [3.05, 3.63) is 57.6 Å². The van der Waals surface area contributed by atoms with Crippen molar-refractivity contribution in [2.24, 2.45) is 4.99 Å². The molecule has 0 spiro atoms. The van der Waals surface area contributed by atoms with Crippen molar-refractivity contribution in [3.63, 3.8) is 0 Å². The predicted molar refractivity (Wildman–Crippen MR) is 99.4 cm³/mol. The number of cyclic esters (lactones) is 1. The fraction of sp³-hybridized carbons (Fsp3) is 0.222. The molecule has 0 atom stereocenters. The number of carbonyl (C=O) groups is 1. The van der Waals surface area contributed by atoms with Crippen LogP contribution in [-0.2, 0) is 14.3 Å². The standard InChI is InChI=1S/C18H15ClN2O3S/c19-13-3-1-12(2-4-13)17-20-15(18(22)24-17)11-14-5-6-16(25-14)21-7-9-23-10-8-21/h1-6,11H,7-10H2/b15-11-. The third-order valence-corrected chi connectivity index (χ3v) is 5.27. The summed E-state index contributed by atoms with van der Waals surface area (Å²) in [7, 11) is 0. The number of halogens is 1. The summed E-state index contributed by atoms with van der Waals surface area (Å²) in [5.41, 5.74) is 1.03. The molecule has 1 aromatic carbocycles. The number of ether oxygens (including phenoxy) is 2. The van der Waals surface area contributed by atoms with Gasteiger partial charge in [-0.15, -0.1) is 11.3 Å². The number of carbonyl (C=O) groups excluding carboxylic acids is 1. The van der Waals surface area contributed by atoms with Crippen LogP contribution in [0, 0.1) is 0 Å². The van der Waals surface area contributed by atoms with E-state index in [-0.39, 0.29) is 0 Å². The molecule has 0 N–H and O–H groups in total. The van der Waals surface area contributed by atoms with E-state index in [0.717, 1.165) is 36.7 Å². The Labute approximate surface area is 154 Å². The molecule has 128 valence electrons. The van der Waals surface area contributed by atoms with Gasteiger partial charge in [-0.3, -0.25) is 0 Å². The lowest BCUT2D eigenvalue weighted by Gasteiger charge is -2.27. The number of morpholine rings is 1. The quantitative estimate of drug-likeness (QED) is 0.608. The number of hydrogen-bond acceptors (Lipinski definition) is 6. The van der Waals surface area contributed by atoms with Gasteiger partial charge in [0.15, 0.2) is 5.70 Å². The number of nitrogens with zero attached hydrogens (tertiary/aromatic N) is 2. The molecule has 1 fully saturated rings. The molecule has 1 aromatic heterocycles. The third-order valence-electron chi connectivity index (χ3n) is 3.93. The molecule has 0 saturated carbocycles. The van der Waals surface area contributed by atoms with E-state index in [1.165, 1.54) is 5.00 Å². The lowest BCUT2D eigenvalue weighted by molar-refractivity contribution is -0.129. The van der Waals surface area contributed by atoms with Gasteiger partial charge in [0.05, 0.1) is 18.2 Å². The normalized spacial score (nSPS) is 19.2. The number of anilines is 1. The molecule has 2 aromatic rings. The molecular weight excluding hydrogens is 360 g/mol. The van der Waals surface area contributed by atoms with Crippen LogP contribution < -0.4 is 4.90 Å². The summed E-state index contributed by atoms with van der Waals surface area (Å²) in [4.78, 5) is 19.7. The van der Waals surface area contributed by atoms with Crippen LogP contribution in [0.25, 0.3) is 6.08 Å². The van der Waals surface area contributed by atoms with Crippen LogP contribution in [0.15, 0.2) is 47.1 Å². The zero-order valence-electron chi connectivity index (χ0n) is 13.3. The summed E-state index contributed by atoms with van der Waals surface area (Å²) in [5.74, 6) is -0.135. The minimum atomic E-state index is -0.439. The fourth-order valence-electron chi connectivity index (χ4n) is 2.63. The van der Waals surface area contributed by atoms with Gasteiger partial charge in [-0.25, -0.2) is 9.79 Å². The van der Waals surface area contributed by atoms with Crippen molar-refractivity contribution in [2.45, 2.75) is 0 Å². The number of benzene rings is 1. The molecular formula is C18H15ClN2O3S. The van der Waals surface area contributed by atoms with Crippen molar-refractivity contribution in [2.75, 3.05) is 31.2 Å². The second-order valence-corrected chi connectivity index (χ2v) is 7.15. The predicted octanol–water partition coefficient (Wildman–Crippen LogP) is 3.58. The molecule has 25 heavy (non-hydrogen) atoms. The van der Waals surface area contributed by atoms with Crippen molar-refractivity contribution >= 4 is 45.9 Å². The number of hydrogen-bond donors (Lipinski definition) is 0. The molecule has 7 heteroatoms. The highest BCUT2D eigenvalue weighted by atomic mass is 35.5. The maximum atomic E-state index is 12.1. The van der Waals surface area contributed by atoms with Crippen LogP contribution in [-0.4, -0.2) is 38.2 Å². The molecule has 0 radical (unpaired) electrons.